The van der Waals surface area contributed by atoms with Gasteiger partial charge in [0.1, 0.15) is 0 Å². The lowest BCUT2D eigenvalue weighted by atomic mass is 10.1. The summed E-state index contributed by atoms with van der Waals surface area (Å²) in [5.41, 5.74) is 4.19. The van der Waals surface area contributed by atoms with Crippen LogP contribution in [0.5, 0.6) is 5.75 Å². The molecule has 0 saturated carbocycles. The Labute approximate surface area is 123 Å². The smallest absolute Gasteiger partial charge is 0.311 e. The van der Waals surface area contributed by atoms with E-state index in [0.29, 0.717) is 6.54 Å². The second kappa shape index (κ2) is 6.26. The van der Waals surface area contributed by atoms with Crippen LogP contribution < -0.4 is 10.1 Å². The third-order valence-electron chi connectivity index (χ3n) is 3.39. The summed E-state index contributed by atoms with van der Waals surface area (Å²) < 4.78 is 5.00. The molecule has 0 aliphatic carbocycles. The van der Waals surface area contributed by atoms with E-state index in [0.717, 1.165) is 22.4 Å². The van der Waals surface area contributed by atoms with Crippen molar-refractivity contribution in [3.63, 3.8) is 0 Å². The van der Waals surface area contributed by atoms with Crippen LogP contribution in [0.3, 0.4) is 0 Å². The van der Waals surface area contributed by atoms with Gasteiger partial charge in [-0.2, -0.15) is 0 Å². The molecule has 0 spiro atoms. The van der Waals surface area contributed by atoms with E-state index in [-0.39, 0.29) is 11.4 Å². The molecular weight excluding hydrogens is 268 g/mol. The normalized spacial score (nSPS) is 10.2. The first kappa shape index (κ1) is 14.8. The standard InChI is InChI=1S/C16H18N2O3/c1-11-5-4-6-12(2)16(11)17-10-13-7-8-15(21-3)14(9-13)18(19)20/h4-9,17H,10H2,1-3H3. The van der Waals surface area contributed by atoms with Crippen LogP contribution in [-0.2, 0) is 6.54 Å². The molecule has 0 saturated heterocycles. The van der Waals surface area contributed by atoms with Crippen molar-refractivity contribution in [2.45, 2.75) is 20.4 Å². The Morgan fingerprint density at radius 1 is 1.19 bits per heavy atom. The molecule has 0 heterocycles. The van der Waals surface area contributed by atoms with Crippen molar-refractivity contribution in [1.29, 1.82) is 0 Å². The van der Waals surface area contributed by atoms with Gasteiger partial charge in [-0.15, -0.1) is 0 Å². The molecule has 2 rings (SSSR count). The Hall–Kier alpha value is -2.56. The van der Waals surface area contributed by atoms with Gasteiger partial charge in [-0.25, -0.2) is 0 Å². The SMILES string of the molecule is COc1ccc(CNc2c(C)cccc2C)cc1[N+](=O)[O-]. The maximum atomic E-state index is 11.0. The first-order valence-electron chi connectivity index (χ1n) is 6.64. The number of para-hydroxylation sites is 1. The van der Waals surface area contributed by atoms with Crippen molar-refractivity contribution in [1.82, 2.24) is 0 Å². The van der Waals surface area contributed by atoms with Gasteiger partial charge in [0, 0.05) is 18.3 Å². The number of ether oxygens (including phenoxy) is 1. The van der Waals surface area contributed by atoms with Crippen LogP contribution >= 0.6 is 0 Å². The van der Waals surface area contributed by atoms with Gasteiger partial charge < -0.3 is 10.1 Å². The zero-order chi connectivity index (χ0) is 15.4. The van der Waals surface area contributed by atoms with E-state index < -0.39 is 4.92 Å². The van der Waals surface area contributed by atoms with E-state index in [2.05, 4.69) is 5.32 Å². The molecule has 2 aromatic carbocycles. The lowest BCUT2D eigenvalue weighted by molar-refractivity contribution is -0.385. The fraction of sp³-hybridized carbons (Fsp3) is 0.250. The van der Waals surface area contributed by atoms with Crippen LogP contribution in [-0.4, -0.2) is 12.0 Å². The molecule has 0 aliphatic heterocycles. The molecular formula is C16H18N2O3. The highest BCUT2D eigenvalue weighted by molar-refractivity contribution is 5.57. The van der Waals surface area contributed by atoms with E-state index in [1.165, 1.54) is 7.11 Å². The van der Waals surface area contributed by atoms with Crippen LogP contribution in [0.2, 0.25) is 0 Å². The molecule has 0 radical (unpaired) electrons. The Balaban J connectivity index is 2.21. The Kier molecular flexibility index (Phi) is 4.42. The third kappa shape index (κ3) is 3.31. The number of nitrogens with zero attached hydrogens (tertiary/aromatic N) is 1. The fourth-order valence-electron chi connectivity index (χ4n) is 2.27. The van der Waals surface area contributed by atoms with Crippen LogP contribution in [0.4, 0.5) is 11.4 Å². The molecule has 1 N–H and O–H groups in total. The zero-order valence-electron chi connectivity index (χ0n) is 12.3. The van der Waals surface area contributed by atoms with Crippen molar-refractivity contribution in [2.75, 3.05) is 12.4 Å². The van der Waals surface area contributed by atoms with Gasteiger partial charge in [-0.3, -0.25) is 10.1 Å². The zero-order valence-corrected chi connectivity index (χ0v) is 12.3. The Morgan fingerprint density at radius 2 is 1.86 bits per heavy atom. The maximum absolute atomic E-state index is 11.0. The lowest BCUT2D eigenvalue weighted by Crippen LogP contribution is -2.04. The number of rotatable bonds is 5. The van der Waals surface area contributed by atoms with Gasteiger partial charge in [-0.1, -0.05) is 24.3 Å². The minimum atomic E-state index is -0.429. The molecule has 2 aromatic rings. The first-order valence-corrected chi connectivity index (χ1v) is 6.64. The molecule has 0 atom stereocenters. The van der Waals surface area contributed by atoms with Gasteiger partial charge in [0.25, 0.3) is 0 Å². The number of hydrogen-bond donors (Lipinski definition) is 1. The molecule has 110 valence electrons. The molecule has 0 unspecified atom stereocenters. The van der Waals surface area contributed by atoms with Crippen molar-refractivity contribution in [3.05, 3.63) is 63.2 Å². The quantitative estimate of drug-likeness (QED) is 0.670. The van der Waals surface area contributed by atoms with Crippen molar-refractivity contribution < 1.29 is 9.66 Å². The summed E-state index contributed by atoms with van der Waals surface area (Å²) in [6.07, 6.45) is 0. The number of methoxy groups -OCH3 is 1. The topological polar surface area (TPSA) is 64.4 Å². The highest BCUT2D eigenvalue weighted by Gasteiger charge is 2.15. The van der Waals surface area contributed by atoms with E-state index in [1.54, 1.807) is 12.1 Å². The van der Waals surface area contributed by atoms with Gasteiger partial charge >= 0.3 is 5.69 Å². The largest absolute Gasteiger partial charge is 0.490 e. The predicted molar refractivity (Wildman–Crippen MR) is 82.9 cm³/mol. The van der Waals surface area contributed by atoms with Crippen molar-refractivity contribution >= 4 is 11.4 Å². The highest BCUT2D eigenvalue weighted by atomic mass is 16.6. The molecule has 5 heteroatoms. The second-order valence-electron chi connectivity index (χ2n) is 4.88. The summed E-state index contributed by atoms with van der Waals surface area (Å²) in [4.78, 5) is 10.6. The monoisotopic (exact) mass is 286 g/mol. The Morgan fingerprint density at radius 3 is 2.43 bits per heavy atom. The van der Waals surface area contributed by atoms with Crippen LogP contribution in [0.15, 0.2) is 36.4 Å². The summed E-state index contributed by atoms with van der Waals surface area (Å²) in [5, 5.41) is 14.4. The molecule has 0 amide bonds. The third-order valence-corrected chi connectivity index (χ3v) is 3.39. The summed E-state index contributed by atoms with van der Waals surface area (Å²) in [5.74, 6) is 0.274. The maximum Gasteiger partial charge on any atom is 0.311 e. The van der Waals surface area contributed by atoms with E-state index >= 15 is 0 Å². The molecule has 0 fully saturated rings. The van der Waals surface area contributed by atoms with Gasteiger partial charge in [0.2, 0.25) is 0 Å². The molecule has 0 aromatic heterocycles. The lowest BCUT2D eigenvalue weighted by Gasteiger charge is -2.13. The fourth-order valence-corrected chi connectivity index (χ4v) is 2.27. The van der Waals surface area contributed by atoms with Crippen molar-refractivity contribution in [3.8, 4) is 5.75 Å². The number of nitrogens with one attached hydrogen (secondary N) is 1. The number of hydrogen-bond acceptors (Lipinski definition) is 4. The molecule has 5 nitrogen and oxygen atoms in total. The molecule has 0 aliphatic rings. The Bertz CT molecular complexity index is 648. The summed E-state index contributed by atoms with van der Waals surface area (Å²) in [6.45, 7) is 4.59. The number of nitro groups is 1. The second-order valence-corrected chi connectivity index (χ2v) is 4.88. The summed E-state index contributed by atoms with van der Waals surface area (Å²) in [7, 11) is 1.43. The van der Waals surface area contributed by atoms with E-state index in [4.69, 9.17) is 4.74 Å². The van der Waals surface area contributed by atoms with E-state index in [1.807, 2.05) is 38.1 Å². The van der Waals surface area contributed by atoms with Crippen LogP contribution in [0, 0.1) is 24.0 Å². The number of aryl methyl sites for hydroxylation is 2. The number of benzene rings is 2. The summed E-state index contributed by atoms with van der Waals surface area (Å²) >= 11 is 0. The highest BCUT2D eigenvalue weighted by Crippen LogP contribution is 2.28. The number of nitro benzene ring substituents is 1. The average Bonchev–Trinajstić information content (AvgIpc) is 2.46. The summed E-state index contributed by atoms with van der Waals surface area (Å²) in [6, 6.07) is 11.1. The minimum Gasteiger partial charge on any atom is -0.490 e. The predicted octanol–water partition coefficient (Wildman–Crippen LogP) is 3.83. The first-order chi connectivity index (χ1) is 10.0. The van der Waals surface area contributed by atoms with Crippen LogP contribution in [0.1, 0.15) is 16.7 Å². The van der Waals surface area contributed by atoms with E-state index in [9.17, 15) is 10.1 Å². The van der Waals surface area contributed by atoms with Crippen LogP contribution in [0.25, 0.3) is 0 Å². The van der Waals surface area contributed by atoms with Gasteiger partial charge in [0.15, 0.2) is 5.75 Å². The van der Waals surface area contributed by atoms with Crippen molar-refractivity contribution in [2.24, 2.45) is 0 Å². The van der Waals surface area contributed by atoms with Gasteiger partial charge in [-0.05, 0) is 36.6 Å². The molecule has 0 bridgehead atoms. The average molecular weight is 286 g/mol. The number of anilines is 1. The van der Waals surface area contributed by atoms with Gasteiger partial charge in [0.05, 0.1) is 12.0 Å². The minimum absolute atomic E-state index is 0.0155. The molecule has 21 heavy (non-hydrogen) atoms.